The smallest absolute Gasteiger partial charge is 0.255 e. The van der Waals surface area contributed by atoms with Crippen LogP contribution in [0, 0.1) is 0 Å². The third-order valence-electron chi connectivity index (χ3n) is 3.82. The molecule has 3 aromatic rings. The van der Waals surface area contributed by atoms with Crippen molar-refractivity contribution in [2.75, 3.05) is 18.8 Å². The molecule has 0 aromatic carbocycles. The summed E-state index contributed by atoms with van der Waals surface area (Å²) in [4.78, 5) is 22.1. The molecular weight excluding hydrogens is 304 g/mol. The molecule has 0 radical (unpaired) electrons. The van der Waals surface area contributed by atoms with Crippen molar-refractivity contribution in [3.63, 3.8) is 0 Å². The topological polar surface area (TPSA) is 92.3 Å². The molecule has 3 heterocycles. The number of carbonyl (C=O) groups excluding carboxylic acids is 1. The van der Waals surface area contributed by atoms with Crippen LogP contribution in [0.4, 0.5) is 5.69 Å². The fourth-order valence-electron chi connectivity index (χ4n) is 2.75. The number of nitrogens with two attached hydrogens (primary N) is 1. The minimum atomic E-state index is -0.0239. The van der Waals surface area contributed by atoms with Gasteiger partial charge in [0.05, 0.1) is 16.9 Å². The summed E-state index contributed by atoms with van der Waals surface area (Å²) in [5.41, 5.74) is 8.44. The van der Waals surface area contributed by atoms with Gasteiger partial charge in [-0.3, -0.25) is 4.79 Å². The Morgan fingerprint density at radius 1 is 1.33 bits per heavy atom. The molecule has 7 heteroatoms. The van der Waals surface area contributed by atoms with E-state index >= 15 is 0 Å². The highest BCUT2D eigenvalue weighted by Gasteiger charge is 2.18. The van der Waals surface area contributed by atoms with Crippen LogP contribution in [-0.2, 0) is 0 Å². The molecule has 1 amide bonds. The molecular formula is C17H22N6O. The van der Waals surface area contributed by atoms with Gasteiger partial charge in [-0.05, 0) is 31.0 Å². The molecule has 0 aliphatic heterocycles. The monoisotopic (exact) mass is 326 g/mol. The van der Waals surface area contributed by atoms with Gasteiger partial charge in [0.1, 0.15) is 0 Å². The molecule has 0 aliphatic rings. The van der Waals surface area contributed by atoms with Gasteiger partial charge in [-0.2, -0.15) is 0 Å². The fourth-order valence-corrected chi connectivity index (χ4v) is 2.75. The van der Waals surface area contributed by atoms with Crippen molar-refractivity contribution < 1.29 is 4.79 Å². The Hall–Kier alpha value is -2.83. The van der Waals surface area contributed by atoms with Crippen LogP contribution in [0.3, 0.4) is 0 Å². The first-order valence-corrected chi connectivity index (χ1v) is 8.23. The van der Waals surface area contributed by atoms with E-state index in [1.165, 1.54) is 0 Å². The Kier molecular flexibility index (Phi) is 4.50. The van der Waals surface area contributed by atoms with E-state index in [1.54, 1.807) is 16.8 Å². The zero-order chi connectivity index (χ0) is 17.1. The second kappa shape index (κ2) is 6.74. The molecule has 0 saturated heterocycles. The van der Waals surface area contributed by atoms with E-state index in [0.717, 1.165) is 31.6 Å². The minimum Gasteiger partial charge on any atom is -0.396 e. The first kappa shape index (κ1) is 16.0. The maximum atomic E-state index is 12.8. The van der Waals surface area contributed by atoms with E-state index in [9.17, 15) is 4.79 Å². The van der Waals surface area contributed by atoms with Crippen LogP contribution in [0.1, 0.15) is 37.0 Å². The predicted octanol–water partition coefficient (Wildman–Crippen LogP) is 2.57. The lowest BCUT2D eigenvalue weighted by Gasteiger charge is -2.21. The van der Waals surface area contributed by atoms with Gasteiger partial charge in [-0.15, -0.1) is 5.10 Å². The van der Waals surface area contributed by atoms with Crippen LogP contribution in [0.5, 0.6) is 0 Å². The number of nitrogens with one attached hydrogen (secondary N) is 1. The van der Waals surface area contributed by atoms with Gasteiger partial charge in [-0.25, -0.2) is 9.50 Å². The Balaban J connectivity index is 1.99. The Morgan fingerprint density at radius 3 is 2.71 bits per heavy atom. The van der Waals surface area contributed by atoms with Crippen LogP contribution in [-0.4, -0.2) is 43.5 Å². The average molecular weight is 326 g/mol. The molecule has 0 aliphatic carbocycles. The molecule has 0 spiro atoms. The van der Waals surface area contributed by atoms with Gasteiger partial charge < -0.3 is 15.6 Å². The van der Waals surface area contributed by atoms with Gasteiger partial charge in [0.15, 0.2) is 11.5 Å². The summed E-state index contributed by atoms with van der Waals surface area (Å²) in [6, 6.07) is 5.46. The van der Waals surface area contributed by atoms with Crippen LogP contribution in [0.2, 0.25) is 0 Å². The molecule has 126 valence electrons. The van der Waals surface area contributed by atoms with E-state index in [4.69, 9.17) is 5.73 Å². The van der Waals surface area contributed by atoms with Gasteiger partial charge >= 0.3 is 0 Å². The highest BCUT2D eigenvalue weighted by molar-refractivity contribution is 5.95. The van der Waals surface area contributed by atoms with E-state index in [1.807, 2.05) is 23.2 Å². The molecule has 0 unspecified atom stereocenters. The summed E-state index contributed by atoms with van der Waals surface area (Å²) in [5.74, 6) is 0.527. The first-order chi connectivity index (χ1) is 11.6. The van der Waals surface area contributed by atoms with Crippen LogP contribution in [0.25, 0.3) is 17.2 Å². The number of nitrogens with zero attached hydrogens (tertiary/aromatic N) is 4. The van der Waals surface area contributed by atoms with Gasteiger partial charge in [0.25, 0.3) is 5.91 Å². The second-order valence-electron chi connectivity index (χ2n) is 5.76. The summed E-state index contributed by atoms with van der Waals surface area (Å²) < 4.78 is 1.58. The molecule has 3 rings (SSSR count). The van der Waals surface area contributed by atoms with Crippen molar-refractivity contribution >= 4 is 17.2 Å². The Bertz CT molecular complexity index is 830. The highest BCUT2D eigenvalue weighted by atomic mass is 16.2. The number of hydrogen-bond donors (Lipinski definition) is 2. The maximum absolute atomic E-state index is 12.8. The van der Waals surface area contributed by atoms with Gasteiger partial charge in [-0.1, -0.05) is 13.8 Å². The number of amides is 1. The van der Waals surface area contributed by atoms with Crippen molar-refractivity contribution in [3.05, 3.63) is 36.2 Å². The number of rotatable bonds is 6. The molecule has 3 N–H and O–H groups in total. The summed E-state index contributed by atoms with van der Waals surface area (Å²) >= 11 is 0. The van der Waals surface area contributed by atoms with Gasteiger partial charge in [0.2, 0.25) is 0 Å². The molecule has 0 atom stereocenters. The molecule has 0 saturated carbocycles. The molecule has 7 nitrogen and oxygen atoms in total. The van der Waals surface area contributed by atoms with Crippen molar-refractivity contribution in [2.45, 2.75) is 26.7 Å². The molecule has 3 aromatic heterocycles. The van der Waals surface area contributed by atoms with E-state index in [2.05, 4.69) is 28.9 Å². The normalized spacial score (nSPS) is 11.1. The van der Waals surface area contributed by atoms with E-state index < -0.39 is 0 Å². The number of aromatic amines is 1. The number of H-pyrrole nitrogens is 1. The lowest BCUT2D eigenvalue weighted by atomic mass is 10.2. The van der Waals surface area contributed by atoms with Crippen LogP contribution in [0.15, 0.2) is 30.6 Å². The van der Waals surface area contributed by atoms with E-state index in [0.29, 0.717) is 22.7 Å². The number of aromatic nitrogens is 4. The number of fused-ring (bicyclic) bond motifs is 1. The fraction of sp³-hybridized carbons (Fsp3) is 0.353. The van der Waals surface area contributed by atoms with Gasteiger partial charge in [0, 0.05) is 25.5 Å². The number of hydrogen-bond acceptors (Lipinski definition) is 4. The maximum Gasteiger partial charge on any atom is 0.255 e. The third-order valence-corrected chi connectivity index (χ3v) is 3.82. The van der Waals surface area contributed by atoms with Crippen LogP contribution < -0.4 is 5.73 Å². The number of nitrogen functional groups attached to an aromatic ring is 1. The summed E-state index contributed by atoms with van der Waals surface area (Å²) in [6.45, 7) is 5.59. The molecule has 0 fully saturated rings. The van der Waals surface area contributed by atoms with Crippen LogP contribution >= 0.6 is 0 Å². The zero-order valence-electron chi connectivity index (χ0n) is 14.0. The first-order valence-electron chi connectivity index (χ1n) is 8.23. The number of carbonyl (C=O) groups is 1. The van der Waals surface area contributed by atoms with Crippen molar-refractivity contribution in [1.29, 1.82) is 0 Å². The quantitative estimate of drug-likeness (QED) is 0.728. The summed E-state index contributed by atoms with van der Waals surface area (Å²) in [7, 11) is 0. The molecule has 0 bridgehead atoms. The Morgan fingerprint density at radius 2 is 2.08 bits per heavy atom. The zero-order valence-corrected chi connectivity index (χ0v) is 14.0. The van der Waals surface area contributed by atoms with Crippen molar-refractivity contribution in [1.82, 2.24) is 24.5 Å². The third kappa shape index (κ3) is 2.97. The summed E-state index contributed by atoms with van der Waals surface area (Å²) in [6.07, 6.45) is 5.35. The SMILES string of the molecule is CCCN(CCC)C(=O)c1cc(N)c2nc(-c3ccc[nH]3)nn2c1. The largest absolute Gasteiger partial charge is 0.396 e. The molecule has 24 heavy (non-hydrogen) atoms. The summed E-state index contributed by atoms with van der Waals surface area (Å²) in [5, 5.41) is 4.43. The minimum absolute atomic E-state index is 0.0239. The highest BCUT2D eigenvalue weighted by Crippen LogP contribution is 2.20. The average Bonchev–Trinajstić information content (AvgIpc) is 3.23. The second-order valence-corrected chi connectivity index (χ2v) is 5.76. The van der Waals surface area contributed by atoms with Crippen molar-refractivity contribution in [3.8, 4) is 11.5 Å². The lowest BCUT2D eigenvalue weighted by molar-refractivity contribution is 0.0755. The Labute approximate surface area is 140 Å². The number of pyridine rings is 1. The predicted molar refractivity (Wildman–Crippen MR) is 93.7 cm³/mol. The lowest BCUT2D eigenvalue weighted by Crippen LogP contribution is -2.32. The number of anilines is 1. The van der Waals surface area contributed by atoms with Crippen molar-refractivity contribution in [2.24, 2.45) is 0 Å². The standard InChI is InChI=1S/C17H22N6O/c1-3-8-22(9-4-2)17(24)12-10-13(18)16-20-15(21-23(16)11-12)14-6-5-7-19-14/h5-7,10-11,19H,3-4,8-9,18H2,1-2H3. The van der Waals surface area contributed by atoms with E-state index in [-0.39, 0.29) is 5.91 Å².